The van der Waals surface area contributed by atoms with E-state index in [0.717, 1.165) is 5.69 Å². The third-order valence-corrected chi connectivity index (χ3v) is 4.37. The lowest BCUT2D eigenvalue weighted by Gasteiger charge is -2.29. The Labute approximate surface area is 119 Å². The van der Waals surface area contributed by atoms with Crippen molar-refractivity contribution in [2.24, 2.45) is 5.41 Å². The Kier molecular flexibility index (Phi) is 4.04. The average Bonchev–Trinajstić information content (AvgIpc) is 2.70. The summed E-state index contributed by atoms with van der Waals surface area (Å²) in [6, 6.07) is 5.99. The van der Waals surface area contributed by atoms with Gasteiger partial charge >= 0.3 is 0 Å². The fraction of sp³-hybridized carbons (Fsp3) is 0.533. The van der Waals surface area contributed by atoms with Crippen LogP contribution in [0.15, 0.2) is 18.2 Å². The number of halogens is 1. The van der Waals surface area contributed by atoms with Crippen molar-refractivity contribution >= 4 is 23.2 Å². The lowest BCUT2D eigenvalue weighted by Crippen LogP contribution is -2.31. The maximum absolute atomic E-state index is 11.7. The first-order valence-electron chi connectivity index (χ1n) is 6.72. The van der Waals surface area contributed by atoms with E-state index in [1.165, 1.54) is 19.3 Å². The van der Waals surface area contributed by atoms with Crippen LogP contribution in [0, 0.1) is 5.41 Å². The Morgan fingerprint density at radius 2 is 2.16 bits per heavy atom. The smallest absolute Gasteiger partial charge is 0.252 e. The minimum atomic E-state index is -0.153. The predicted octanol–water partition coefficient (Wildman–Crippen LogP) is 3.69. The topological polar surface area (TPSA) is 41.1 Å². The molecule has 1 amide bonds. The summed E-state index contributed by atoms with van der Waals surface area (Å²) in [6.07, 6.45) is 3.66. The van der Waals surface area contributed by atoms with Gasteiger partial charge in [0.1, 0.15) is 0 Å². The van der Waals surface area contributed by atoms with Crippen molar-refractivity contribution in [1.82, 2.24) is 5.32 Å². The summed E-state index contributed by atoms with van der Waals surface area (Å²) < 4.78 is 0. The summed E-state index contributed by atoms with van der Waals surface area (Å²) in [6.45, 7) is 4.57. The van der Waals surface area contributed by atoms with E-state index in [9.17, 15) is 4.79 Å². The monoisotopic (exact) mass is 280 g/mol. The molecule has 0 aliphatic heterocycles. The molecule has 3 nitrogen and oxygen atoms in total. The first kappa shape index (κ1) is 14.2. The Balaban J connectivity index is 2.20. The molecule has 1 fully saturated rings. The van der Waals surface area contributed by atoms with E-state index in [1.54, 1.807) is 13.1 Å². The zero-order chi connectivity index (χ0) is 14.0. The molecule has 0 heterocycles. The molecule has 2 N–H and O–H groups in total. The highest BCUT2D eigenvalue weighted by Crippen LogP contribution is 2.39. The van der Waals surface area contributed by atoms with E-state index in [4.69, 9.17) is 11.6 Å². The van der Waals surface area contributed by atoms with Crippen LogP contribution in [-0.2, 0) is 0 Å². The first-order chi connectivity index (χ1) is 8.94. The normalized spacial score (nSPS) is 21.2. The molecule has 1 atom stereocenters. The highest BCUT2D eigenvalue weighted by molar-refractivity contribution is 6.34. The van der Waals surface area contributed by atoms with E-state index in [-0.39, 0.29) is 5.91 Å². The number of benzene rings is 1. The van der Waals surface area contributed by atoms with Gasteiger partial charge in [0.05, 0.1) is 10.6 Å². The fourth-order valence-corrected chi connectivity index (χ4v) is 2.92. The standard InChI is InChI=1S/C15H21ClN2O/c1-15(2)8-4-5-13(15)18-10-6-7-12(16)11(9-10)14(19)17-3/h6-7,9,13,18H,4-5,8H2,1-3H3,(H,17,19). The second-order valence-corrected chi connectivity index (χ2v) is 6.26. The molecule has 1 aromatic carbocycles. The molecule has 0 spiro atoms. The number of rotatable bonds is 3. The van der Waals surface area contributed by atoms with Gasteiger partial charge in [0.2, 0.25) is 0 Å². The highest BCUT2D eigenvalue weighted by Gasteiger charge is 2.34. The molecule has 0 saturated heterocycles. The molecule has 1 aliphatic rings. The molecule has 0 bridgehead atoms. The van der Waals surface area contributed by atoms with Crippen LogP contribution < -0.4 is 10.6 Å². The quantitative estimate of drug-likeness (QED) is 0.887. The number of hydrogen-bond acceptors (Lipinski definition) is 2. The van der Waals surface area contributed by atoms with Gasteiger partial charge in [-0.15, -0.1) is 0 Å². The highest BCUT2D eigenvalue weighted by atomic mass is 35.5. The molecule has 1 aromatic rings. The van der Waals surface area contributed by atoms with E-state index < -0.39 is 0 Å². The van der Waals surface area contributed by atoms with E-state index >= 15 is 0 Å². The van der Waals surface area contributed by atoms with Gasteiger partial charge in [0.25, 0.3) is 5.91 Å². The Hall–Kier alpha value is -1.22. The number of carbonyl (C=O) groups excluding carboxylic acids is 1. The van der Waals surface area contributed by atoms with Crippen LogP contribution >= 0.6 is 11.6 Å². The molecule has 1 aliphatic carbocycles. The van der Waals surface area contributed by atoms with E-state index in [2.05, 4.69) is 24.5 Å². The van der Waals surface area contributed by atoms with Gasteiger partial charge in [0, 0.05) is 18.8 Å². The molecule has 1 unspecified atom stereocenters. The molecule has 0 aromatic heterocycles. The molecule has 1 saturated carbocycles. The summed E-state index contributed by atoms with van der Waals surface area (Å²) in [5.41, 5.74) is 1.78. The van der Waals surface area contributed by atoms with Gasteiger partial charge < -0.3 is 10.6 Å². The molecule has 2 rings (SSSR count). The molecule has 104 valence electrons. The fourth-order valence-electron chi connectivity index (χ4n) is 2.72. The van der Waals surface area contributed by atoms with Gasteiger partial charge in [-0.1, -0.05) is 31.9 Å². The minimum absolute atomic E-state index is 0.153. The van der Waals surface area contributed by atoms with Crippen molar-refractivity contribution < 1.29 is 4.79 Å². The zero-order valence-corrected chi connectivity index (χ0v) is 12.5. The van der Waals surface area contributed by atoms with Crippen LogP contribution in [0.5, 0.6) is 0 Å². The van der Waals surface area contributed by atoms with Crippen molar-refractivity contribution in [2.75, 3.05) is 12.4 Å². The summed E-state index contributed by atoms with van der Waals surface area (Å²) >= 11 is 6.05. The van der Waals surface area contributed by atoms with Crippen molar-refractivity contribution in [3.63, 3.8) is 0 Å². The summed E-state index contributed by atoms with van der Waals surface area (Å²) in [7, 11) is 1.61. The second-order valence-electron chi connectivity index (χ2n) is 5.85. The van der Waals surface area contributed by atoms with Crippen molar-refractivity contribution in [1.29, 1.82) is 0 Å². The minimum Gasteiger partial charge on any atom is -0.382 e. The van der Waals surface area contributed by atoms with Crippen LogP contribution in [0.3, 0.4) is 0 Å². The number of amides is 1. The maximum atomic E-state index is 11.7. The number of anilines is 1. The van der Waals surface area contributed by atoms with Crippen LogP contribution in [0.25, 0.3) is 0 Å². The third kappa shape index (κ3) is 3.03. The zero-order valence-electron chi connectivity index (χ0n) is 11.7. The molecular formula is C15H21ClN2O. The van der Waals surface area contributed by atoms with Gasteiger partial charge in [-0.25, -0.2) is 0 Å². The Morgan fingerprint density at radius 1 is 1.42 bits per heavy atom. The molecule has 0 radical (unpaired) electrons. The lowest BCUT2D eigenvalue weighted by atomic mass is 9.87. The van der Waals surface area contributed by atoms with Crippen molar-refractivity contribution in [3.05, 3.63) is 28.8 Å². The van der Waals surface area contributed by atoms with Gasteiger partial charge in [-0.3, -0.25) is 4.79 Å². The van der Waals surface area contributed by atoms with Crippen molar-refractivity contribution in [3.8, 4) is 0 Å². The van der Waals surface area contributed by atoms with Crippen LogP contribution in [0.4, 0.5) is 5.69 Å². The summed E-state index contributed by atoms with van der Waals surface area (Å²) in [5, 5.41) is 6.63. The molecular weight excluding hydrogens is 260 g/mol. The first-order valence-corrected chi connectivity index (χ1v) is 7.10. The maximum Gasteiger partial charge on any atom is 0.252 e. The third-order valence-electron chi connectivity index (χ3n) is 4.04. The average molecular weight is 281 g/mol. The SMILES string of the molecule is CNC(=O)c1cc(NC2CCCC2(C)C)ccc1Cl. The number of nitrogens with one attached hydrogen (secondary N) is 2. The van der Waals surface area contributed by atoms with Crippen LogP contribution in [0.1, 0.15) is 43.5 Å². The number of hydrogen-bond donors (Lipinski definition) is 2. The van der Waals surface area contributed by atoms with Crippen LogP contribution in [0.2, 0.25) is 5.02 Å². The van der Waals surface area contributed by atoms with Gasteiger partial charge in [-0.2, -0.15) is 0 Å². The van der Waals surface area contributed by atoms with E-state index in [1.807, 2.05) is 12.1 Å². The second kappa shape index (κ2) is 5.41. The van der Waals surface area contributed by atoms with E-state index in [0.29, 0.717) is 22.0 Å². The summed E-state index contributed by atoms with van der Waals surface area (Å²) in [5.74, 6) is -0.153. The largest absolute Gasteiger partial charge is 0.382 e. The molecule has 4 heteroatoms. The lowest BCUT2D eigenvalue weighted by molar-refractivity contribution is 0.0963. The molecule has 19 heavy (non-hydrogen) atoms. The summed E-state index contributed by atoms with van der Waals surface area (Å²) in [4.78, 5) is 11.7. The Morgan fingerprint density at radius 3 is 2.74 bits per heavy atom. The van der Waals surface area contributed by atoms with Crippen LogP contribution in [-0.4, -0.2) is 19.0 Å². The van der Waals surface area contributed by atoms with Gasteiger partial charge in [0.15, 0.2) is 0 Å². The predicted molar refractivity (Wildman–Crippen MR) is 79.9 cm³/mol. The number of carbonyl (C=O) groups is 1. The van der Waals surface area contributed by atoms with Gasteiger partial charge in [-0.05, 0) is 36.5 Å². The Bertz CT molecular complexity index is 485. The van der Waals surface area contributed by atoms with Crippen molar-refractivity contribution in [2.45, 2.75) is 39.2 Å².